The van der Waals surface area contributed by atoms with Gasteiger partial charge in [-0.05, 0) is 37.8 Å². The van der Waals surface area contributed by atoms with E-state index in [-0.39, 0.29) is 5.91 Å². The number of carbonyl (C=O) groups excluding carboxylic acids is 1. The average Bonchev–Trinajstić information content (AvgIpc) is 2.53. The van der Waals surface area contributed by atoms with Crippen LogP contribution in [0.4, 0.5) is 0 Å². The van der Waals surface area contributed by atoms with E-state index in [1.165, 1.54) is 24.8 Å². The van der Waals surface area contributed by atoms with Crippen LogP contribution < -0.4 is 10.1 Å². The standard InChI is InChI=1S/C19H31NO2/c1-4-6-8-17(5-2)15-20-19(21)9-7-14-22-18-12-10-16(3)11-13-18/h10-13,17H,4-9,14-15H2,1-3H3,(H,20,21). The summed E-state index contributed by atoms with van der Waals surface area (Å²) in [6.07, 6.45) is 6.11. The molecular weight excluding hydrogens is 274 g/mol. The molecule has 22 heavy (non-hydrogen) atoms. The highest BCUT2D eigenvalue weighted by Crippen LogP contribution is 2.12. The molecule has 1 aromatic carbocycles. The van der Waals surface area contributed by atoms with E-state index < -0.39 is 0 Å². The zero-order chi connectivity index (χ0) is 16.2. The van der Waals surface area contributed by atoms with Crippen LogP contribution in [-0.2, 0) is 4.79 Å². The molecule has 0 aromatic heterocycles. The SMILES string of the molecule is CCCCC(CC)CNC(=O)CCCOc1ccc(C)cc1. The van der Waals surface area contributed by atoms with Gasteiger partial charge < -0.3 is 10.1 Å². The highest BCUT2D eigenvalue weighted by atomic mass is 16.5. The van der Waals surface area contributed by atoms with Crippen molar-refractivity contribution >= 4 is 5.91 Å². The van der Waals surface area contributed by atoms with E-state index in [9.17, 15) is 4.79 Å². The molecule has 3 nitrogen and oxygen atoms in total. The maximum atomic E-state index is 11.8. The summed E-state index contributed by atoms with van der Waals surface area (Å²) in [4.78, 5) is 11.8. The molecule has 0 bridgehead atoms. The first-order chi connectivity index (χ1) is 10.7. The molecule has 1 N–H and O–H groups in total. The number of aryl methyl sites for hydroxylation is 1. The molecule has 0 saturated carbocycles. The van der Waals surface area contributed by atoms with Crippen LogP contribution in [0.5, 0.6) is 5.75 Å². The van der Waals surface area contributed by atoms with Crippen LogP contribution in [0.15, 0.2) is 24.3 Å². The molecule has 0 aliphatic rings. The highest BCUT2D eigenvalue weighted by molar-refractivity contribution is 5.75. The lowest BCUT2D eigenvalue weighted by Gasteiger charge is -2.15. The highest BCUT2D eigenvalue weighted by Gasteiger charge is 2.08. The summed E-state index contributed by atoms with van der Waals surface area (Å²) in [5.41, 5.74) is 1.22. The number of rotatable bonds is 11. The molecule has 0 saturated heterocycles. The van der Waals surface area contributed by atoms with Gasteiger partial charge >= 0.3 is 0 Å². The number of nitrogens with one attached hydrogen (secondary N) is 1. The van der Waals surface area contributed by atoms with Crippen molar-refractivity contribution in [3.8, 4) is 5.75 Å². The van der Waals surface area contributed by atoms with Crippen LogP contribution in [0.1, 0.15) is 57.9 Å². The summed E-state index contributed by atoms with van der Waals surface area (Å²) < 4.78 is 5.63. The molecule has 124 valence electrons. The van der Waals surface area contributed by atoms with Crippen LogP contribution in [0.2, 0.25) is 0 Å². The summed E-state index contributed by atoms with van der Waals surface area (Å²) in [5, 5.41) is 3.05. The summed E-state index contributed by atoms with van der Waals surface area (Å²) in [6, 6.07) is 8.00. The van der Waals surface area contributed by atoms with E-state index in [1.54, 1.807) is 0 Å². The number of unbranched alkanes of at least 4 members (excludes halogenated alkanes) is 1. The van der Waals surface area contributed by atoms with Crippen LogP contribution in [0.3, 0.4) is 0 Å². The van der Waals surface area contributed by atoms with Crippen molar-refractivity contribution in [2.45, 2.75) is 59.3 Å². The molecule has 0 heterocycles. The molecular formula is C19H31NO2. The summed E-state index contributed by atoms with van der Waals surface area (Å²) >= 11 is 0. The molecule has 0 aliphatic heterocycles. The molecule has 0 aliphatic carbocycles. The minimum Gasteiger partial charge on any atom is -0.494 e. The molecule has 3 heteroatoms. The van der Waals surface area contributed by atoms with Gasteiger partial charge in [0.15, 0.2) is 0 Å². The van der Waals surface area contributed by atoms with Gasteiger partial charge in [-0.25, -0.2) is 0 Å². The zero-order valence-corrected chi connectivity index (χ0v) is 14.4. The minimum absolute atomic E-state index is 0.141. The van der Waals surface area contributed by atoms with Gasteiger partial charge in [0.1, 0.15) is 5.75 Å². The molecule has 1 amide bonds. The lowest BCUT2D eigenvalue weighted by atomic mass is 9.99. The zero-order valence-electron chi connectivity index (χ0n) is 14.4. The van der Waals surface area contributed by atoms with Gasteiger partial charge in [-0.3, -0.25) is 4.79 Å². The Balaban J connectivity index is 2.11. The number of ether oxygens (including phenoxy) is 1. The Hall–Kier alpha value is -1.51. The van der Waals surface area contributed by atoms with E-state index in [0.717, 1.165) is 25.1 Å². The number of amides is 1. The predicted molar refractivity (Wildman–Crippen MR) is 92.2 cm³/mol. The normalized spacial score (nSPS) is 12.0. The van der Waals surface area contributed by atoms with Crippen molar-refractivity contribution < 1.29 is 9.53 Å². The van der Waals surface area contributed by atoms with E-state index in [1.807, 2.05) is 24.3 Å². The average molecular weight is 305 g/mol. The number of hydrogen-bond donors (Lipinski definition) is 1. The van der Waals surface area contributed by atoms with Crippen LogP contribution >= 0.6 is 0 Å². The lowest BCUT2D eigenvalue weighted by molar-refractivity contribution is -0.121. The van der Waals surface area contributed by atoms with Gasteiger partial charge in [0.25, 0.3) is 0 Å². The molecule has 0 radical (unpaired) electrons. The van der Waals surface area contributed by atoms with Crippen molar-refractivity contribution in [3.05, 3.63) is 29.8 Å². The second-order valence-corrected chi connectivity index (χ2v) is 5.99. The Morgan fingerprint density at radius 1 is 1.18 bits per heavy atom. The van der Waals surface area contributed by atoms with Gasteiger partial charge in [-0.15, -0.1) is 0 Å². The summed E-state index contributed by atoms with van der Waals surface area (Å²) in [5.74, 6) is 1.63. The van der Waals surface area contributed by atoms with Crippen LogP contribution in [0, 0.1) is 12.8 Å². The summed E-state index contributed by atoms with van der Waals surface area (Å²) in [6.45, 7) is 7.86. The van der Waals surface area contributed by atoms with Gasteiger partial charge in [0, 0.05) is 13.0 Å². The molecule has 0 fully saturated rings. The number of carbonyl (C=O) groups is 1. The lowest BCUT2D eigenvalue weighted by Crippen LogP contribution is -2.29. The fourth-order valence-corrected chi connectivity index (χ4v) is 2.35. The Kier molecular flexibility index (Phi) is 9.36. The summed E-state index contributed by atoms with van der Waals surface area (Å²) in [7, 11) is 0. The molecule has 1 aromatic rings. The number of benzene rings is 1. The van der Waals surface area contributed by atoms with Crippen molar-refractivity contribution in [3.63, 3.8) is 0 Å². The Morgan fingerprint density at radius 3 is 2.55 bits per heavy atom. The van der Waals surface area contributed by atoms with Crippen LogP contribution in [0.25, 0.3) is 0 Å². The minimum atomic E-state index is 0.141. The Labute approximate surface area is 135 Å². The van der Waals surface area contributed by atoms with Gasteiger partial charge in [0.2, 0.25) is 5.91 Å². The largest absolute Gasteiger partial charge is 0.494 e. The topological polar surface area (TPSA) is 38.3 Å². The Bertz CT molecular complexity index is 414. The maximum absolute atomic E-state index is 11.8. The van der Waals surface area contributed by atoms with Crippen molar-refractivity contribution in [2.75, 3.05) is 13.2 Å². The van der Waals surface area contributed by atoms with E-state index in [0.29, 0.717) is 18.9 Å². The monoisotopic (exact) mass is 305 g/mol. The van der Waals surface area contributed by atoms with E-state index in [2.05, 4.69) is 26.1 Å². The van der Waals surface area contributed by atoms with E-state index in [4.69, 9.17) is 4.74 Å². The van der Waals surface area contributed by atoms with Crippen molar-refractivity contribution in [1.82, 2.24) is 5.32 Å². The van der Waals surface area contributed by atoms with Gasteiger partial charge in [-0.1, -0.05) is 50.8 Å². The Morgan fingerprint density at radius 2 is 1.91 bits per heavy atom. The first-order valence-corrected chi connectivity index (χ1v) is 8.61. The fourth-order valence-electron chi connectivity index (χ4n) is 2.35. The first kappa shape index (κ1) is 18.5. The second kappa shape index (κ2) is 11.1. The molecule has 0 spiro atoms. The third kappa shape index (κ3) is 8.06. The van der Waals surface area contributed by atoms with Gasteiger partial charge in [0.05, 0.1) is 6.61 Å². The second-order valence-electron chi connectivity index (χ2n) is 5.99. The maximum Gasteiger partial charge on any atom is 0.220 e. The predicted octanol–water partition coefficient (Wildman–Crippen LogP) is 4.49. The van der Waals surface area contributed by atoms with E-state index >= 15 is 0 Å². The fraction of sp³-hybridized carbons (Fsp3) is 0.632. The van der Waals surface area contributed by atoms with Crippen molar-refractivity contribution in [2.24, 2.45) is 5.92 Å². The van der Waals surface area contributed by atoms with Crippen molar-refractivity contribution in [1.29, 1.82) is 0 Å². The first-order valence-electron chi connectivity index (χ1n) is 8.61. The van der Waals surface area contributed by atoms with Gasteiger partial charge in [-0.2, -0.15) is 0 Å². The van der Waals surface area contributed by atoms with Crippen LogP contribution in [-0.4, -0.2) is 19.1 Å². The molecule has 1 atom stereocenters. The molecule has 1 unspecified atom stereocenters. The smallest absolute Gasteiger partial charge is 0.220 e. The molecule has 1 rings (SSSR count). The third-order valence-electron chi connectivity index (χ3n) is 3.97. The third-order valence-corrected chi connectivity index (χ3v) is 3.97. The number of hydrogen-bond acceptors (Lipinski definition) is 2. The quantitative estimate of drug-likeness (QED) is 0.612.